The van der Waals surface area contributed by atoms with Crippen LogP contribution < -0.4 is 43.8 Å². The van der Waals surface area contributed by atoms with Gasteiger partial charge in [-0.2, -0.15) is 4.55 Å². The number of nitrogens with zero attached hydrogens (tertiary/aromatic N) is 2. The van der Waals surface area contributed by atoms with E-state index in [9.17, 15) is 0 Å². The predicted octanol–water partition coefficient (Wildman–Crippen LogP) is 0.250. The van der Waals surface area contributed by atoms with Crippen LogP contribution in [-0.4, -0.2) is 9.10 Å². The van der Waals surface area contributed by atoms with Crippen LogP contribution in [-0.2, 0) is 6.42 Å². The lowest BCUT2D eigenvalue weighted by Crippen LogP contribution is -2.41. The van der Waals surface area contributed by atoms with Crippen molar-refractivity contribution in [1.82, 2.24) is 14.0 Å². The van der Waals surface area contributed by atoms with Crippen molar-refractivity contribution in [3.63, 3.8) is 0 Å². The van der Waals surface area contributed by atoms with Gasteiger partial charge in [-0.3, -0.25) is 17.2 Å². The Morgan fingerprint density at radius 3 is 2.57 bits per heavy atom. The Morgan fingerprint density at radius 1 is 1.29 bits per heavy atom. The van der Waals surface area contributed by atoms with Crippen LogP contribution in [0.2, 0.25) is 0 Å². The number of nitrogens with one attached hydrogen (secondary N) is 1. The average molecular weight is 351 g/mol. The molecule has 1 aromatic rings. The van der Waals surface area contributed by atoms with Gasteiger partial charge >= 0.3 is 0 Å². The molecule has 21 heavy (non-hydrogen) atoms. The highest BCUT2D eigenvalue weighted by Gasteiger charge is 2.34. The first-order valence-electron chi connectivity index (χ1n) is 5.96. The van der Waals surface area contributed by atoms with Gasteiger partial charge in [0.05, 0.1) is 25.9 Å². The monoisotopic (exact) mass is 351 g/mol. The molecule has 0 spiro atoms. The van der Waals surface area contributed by atoms with Gasteiger partial charge in [0.15, 0.2) is 8.37 Å². The highest BCUT2D eigenvalue weighted by atomic mass is 31.3. The van der Waals surface area contributed by atoms with Gasteiger partial charge in [0, 0.05) is 11.6 Å². The molecule has 0 radical (unpaired) electrons. The third-order valence-corrected chi connectivity index (χ3v) is 7.88. The summed E-state index contributed by atoms with van der Waals surface area (Å²) < 4.78 is 8.77. The molecule has 1 saturated heterocycles. The van der Waals surface area contributed by atoms with Gasteiger partial charge in [-0.05, 0) is 6.42 Å². The maximum Gasteiger partial charge on any atom is 0.270 e. The summed E-state index contributed by atoms with van der Waals surface area (Å²) in [5.41, 5.74) is 25.6. The van der Waals surface area contributed by atoms with Crippen LogP contribution in [0, 0.1) is 0 Å². The minimum Gasteiger partial charge on any atom is -0.443 e. The first kappa shape index (κ1) is 16.8. The van der Waals surface area contributed by atoms with E-state index in [1.807, 2.05) is 6.92 Å². The first-order chi connectivity index (χ1) is 9.86. The lowest BCUT2D eigenvalue weighted by atomic mass is 10.1. The van der Waals surface area contributed by atoms with Crippen molar-refractivity contribution in [3.8, 4) is 5.75 Å². The summed E-state index contributed by atoms with van der Waals surface area (Å²) in [4.78, 5) is 3.10. The minimum absolute atomic E-state index is 0.123. The fourth-order valence-electron chi connectivity index (χ4n) is 1.74. The molecule has 0 bridgehead atoms. The molecule has 118 valence electrons. The molecule has 1 aromatic carbocycles. The molecule has 3 atom stereocenters. The van der Waals surface area contributed by atoms with E-state index in [2.05, 4.69) is 4.86 Å². The molecule has 1 aliphatic rings. The van der Waals surface area contributed by atoms with Gasteiger partial charge < -0.3 is 21.7 Å². The van der Waals surface area contributed by atoms with Crippen molar-refractivity contribution < 1.29 is 4.52 Å². The zero-order valence-corrected chi connectivity index (χ0v) is 14.2. The summed E-state index contributed by atoms with van der Waals surface area (Å²) in [7, 11) is -2.50. The van der Waals surface area contributed by atoms with Crippen LogP contribution in [0.1, 0.15) is 12.5 Å². The highest BCUT2D eigenvalue weighted by Crippen LogP contribution is 2.58. The Balaban J connectivity index is 2.27. The standard InChI is InChI=1S/C8H20N9OP3/c1-2-4-6(3-5(9)8(11)7(4)10)18-21-15-19-16(12)20(14)17(21)13/h3,15,19H,2,9-14H2,1H3. The summed E-state index contributed by atoms with van der Waals surface area (Å²) in [6, 6.07) is 1.65. The van der Waals surface area contributed by atoms with Crippen molar-refractivity contribution in [3.05, 3.63) is 11.6 Å². The van der Waals surface area contributed by atoms with E-state index >= 15 is 0 Å². The van der Waals surface area contributed by atoms with Crippen LogP contribution in [0.5, 0.6) is 5.75 Å². The molecule has 13 heteroatoms. The van der Waals surface area contributed by atoms with Crippen molar-refractivity contribution in [2.45, 2.75) is 13.3 Å². The molecule has 3 unspecified atom stereocenters. The van der Waals surface area contributed by atoms with Crippen LogP contribution in [0.4, 0.5) is 17.1 Å². The van der Waals surface area contributed by atoms with E-state index in [1.54, 1.807) is 6.07 Å². The molecule has 0 amide bonds. The molecule has 0 aliphatic carbocycles. The zero-order valence-electron chi connectivity index (χ0n) is 11.4. The van der Waals surface area contributed by atoms with Crippen LogP contribution in [0.3, 0.4) is 0 Å². The third kappa shape index (κ3) is 3.29. The van der Waals surface area contributed by atoms with E-state index in [4.69, 9.17) is 38.9 Å². The first-order valence-corrected chi connectivity index (χ1v) is 9.44. The van der Waals surface area contributed by atoms with E-state index in [0.29, 0.717) is 29.2 Å². The summed E-state index contributed by atoms with van der Waals surface area (Å²) in [5.74, 6) is 12.2. The SMILES string of the molecule is CCc1c(OP2NPN(N)P(N)N2N)cc(N)c(N)c1N. The van der Waals surface area contributed by atoms with Gasteiger partial charge in [0.2, 0.25) is 0 Å². The highest BCUT2D eigenvalue weighted by molar-refractivity contribution is 7.75. The van der Waals surface area contributed by atoms with Crippen molar-refractivity contribution in [2.75, 3.05) is 17.2 Å². The Kier molecular flexibility index (Phi) is 5.38. The van der Waals surface area contributed by atoms with Crippen molar-refractivity contribution in [1.29, 1.82) is 0 Å². The Morgan fingerprint density at radius 2 is 1.95 bits per heavy atom. The largest absolute Gasteiger partial charge is 0.443 e. The number of nitrogens with two attached hydrogens (primary N) is 6. The maximum absolute atomic E-state index is 5.99. The molecule has 13 N–H and O–H groups in total. The number of nitrogen functional groups attached to an aromatic ring is 3. The quantitative estimate of drug-likeness (QED) is 0.226. The van der Waals surface area contributed by atoms with Crippen LogP contribution >= 0.6 is 25.7 Å². The molecule has 1 heterocycles. The molecule has 2 rings (SSSR count). The fourth-order valence-corrected chi connectivity index (χ4v) is 6.48. The minimum atomic E-state index is -1.33. The lowest BCUT2D eigenvalue weighted by molar-refractivity contribution is 0.528. The number of hydrogen-bond donors (Lipinski definition) is 7. The molecular weight excluding hydrogens is 331 g/mol. The molecule has 1 fully saturated rings. The third-order valence-electron chi connectivity index (χ3n) is 2.93. The van der Waals surface area contributed by atoms with Crippen molar-refractivity contribution in [2.24, 2.45) is 17.2 Å². The van der Waals surface area contributed by atoms with Gasteiger partial charge in [-0.25, -0.2) is 4.86 Å². The van der Waals surface area contributed by atoms with Crippen LogP contribution in [0.25, 0.3) is 0 Å². The second-order valence-electron chi connectivity index (χ2n) is 4.20. The second kappa shape index (κ2) is 6.71. The smallest absolute Gasteiger partial charge is 0.270 e. The van der Waals surface area contributed by atoms with Gasteiger partial charge in [-0.15, -0.1) is 4.55 Å². The number of hydrogen-bond acceptors (Lipinski definition) is 10. The Hall–Kier alpha value is -0.530. The molecule has 0 aromatic heterocycles. The van der Waals surface area contributed by atoms with Gasteiger partial charge in [0.25, 0.3) is 8.45 Å². The average Bonchev–Trinajstić information content (AvgIpc) is 2.46. The van der Waals surface area contributed by atoms with E-state index in [1.165, 1.54) is 9.10 Å². The zero-order chi connectivity index (χ0) is 15.7. The number of benzene rings is 1. The fraction of sp³-hybridized carbons (Fsp3) is 0.250. The summed E-state index contributed by atoms with van der Waals surface area (Å²) in [5, 5.41) is 0. The second-order valence-corrected chi connectivity index (χ2v) is 9.15. The van der Waals surface area contributed by atoms with E-state index < -0.39 is 16.8 Å². The Labute approximate surface area is 127 Å². The normalized spacial score (nSPS) is 25.3. The van der Waals surface area contributed by atoms with E-state index in [0.717, 1.165) is 5.56 Å². The van der Waals surface area contributed by atoms with Crippen LogP contribution in [0.15, 0.2) is 6.07 Å². The number of rotatable bonds is 3. The number of hydrazine groups is 2. The van der Waals surface area contributed by atoms with Gasteiger partial charge in [-0.1, -0.05) is 6.92 Å². The molecule has 0 saturated carbocycles. The summed E-state index contributed by atoms with van der Waals surface area (Å²) >= 11 is 0. The molecular formula is C8H20N9OP3. The molecule has 1 aliphatic heterocycles. The van der Waals surface area contributed by atoms with E-state index in [-0.39, 0.29) is 8.88 Å². The summed E-state index contributed by atoms with van der Waals surface area (Å²) in [6.07, 6.45) is 0.655. The topological polar surface area (TPSA) is 184 Å². The molecule has 10 nitrogen and oxygen atoms in total. The summed E-state index contributed by atoms with van der Waals surface area (Å²) in [6.45, 7) is 1.95. The Bertz CT molecular complexity index is 532. The van der Waals surface area contributed by atoms with Gasteiger partial charge in [0.1, 0.15) is 5.75 Å². The van der Waals surface area contributed by atoms with Crippen molar-refractivity contribution >= 4 is 42.8 Å². The number of anilines is 3. The predicted molar refractivity (Wildman–Crippen MR) is 91.2 cm³/mol. The lowest BCUT2D eigenvalue weighted by Gasteiger charge is -2.39. The maximum atomic E-state index is 5.99.